The predicted octanol–water partition coefficient (Wildman–Crippen LogP) is 5.01. The Hall–Kier alpha value is -2.87. The predicted molar refractivity (Wildman–Crippen MR) is 97.9 cm³/mol. The zero-order valence-corrected chi connectivity index (χ0v) is 14.5. The lowest BCUT2D eigenvalue weighted by Gasteiger charge is -2.02. The van der Waals surface area contributed by atoms with E-state index in [9.17, 15) is 10.1 Å². The molecule has 0 saturated heterocycles. The Labute approximate surface area is 148 Å². The Morgan fingerprint density at radius 3 is 2.64 bits per heavy atom. The van der Waals surface area contributed by atoms with Gasteiger partial charge in [-0.3, -0.25) is 10.1 Å². The van der Waals surface area contributed by atoms with Crippen LogP contribution in [0, 0.1) is 10.1 Å². The molecule has 8 heteroatoms. The largest absolute Gasteiger partial charge is 0.315 e. The fourth-order valence-corrected chi connectivity index (χ4v) is 3.39. The molecule has 128 valence electrons. The molecule has 7 nitrogen and oxygen atoms in total. The minimum absolute atomic E-state index is 0.0257. The number of nitrogens with zero attached hydrogens (tertiary/aromatic N) is 5. The first-order chi connectivity index (χ1) is 12.2. The smallest absolute Gasteiger partial charge is 0.269 e. The van der Waals surface area contributed by atoms with Gasteiger partial charge in [-0.05, 0) is 35.9 Å². The van der Waals surface area contributed by atoms with Crippen LogP contribution in [0.4, 0.5) is 11.4 Å². The number of nitro benzene ring substituents is 1. The summed E-state index contributed by atoms with van der Waals surface area (Å²) in [5, 5.41) is 22.8. The average molecular weight is 355 g/mol. The Bertz CT molecular complexity index is 973. The van der Waals surface area contributed by atoms with E-state index in [4.69, 9.17) is 0 Å². The molecule has 0 atom stereocenters. The minimum atomic E-state index is -0.445. The van der Waals surface area contributed by atoms with Crippen molar-refractivity contribution in [1.82, 2.24) is 4.57 Å². The maximum atomic E-state index is 10.7. The molecule has 25 heavy (non-hydrogen) atoms. The molecule has 0 aliphatic heterocycles. The van der Waals surface area contributed by atoms with Gasteiger partial charge in [0.1, 0.15) is 0 Å². The summed E-state index contributed by atoms with van der Waals surface area (Å²) in [6.45, 7) is 3.03. The van der Waals surface area contributed by atoms with E-state index in [-0.39, 0.29) is 5.69 Å². The molecule has 0 bridgehead atoms. The lowest BCUT2D eigenvalue weighted by atomic mass is 10.3. The van der Waals surface area contributed by atoms with Crippen molar-refractivity contribution in [2.24, 2.45) is 15.4 Å². The topological polar surface area (TPSA) is 85.1 Å². The molecular weight excluding hydrogens is 338 g/mol. The number of rotatable bonds is 6. The molecule has 1 aromatic heterocycles. The number of hydrogen-bond acceptors (Lipinski definition) is 5. The van der Waals surface area contributed by atoms with Crippen molar-refractivity contribution in [3.8, 4) is 0 Å². The zero-order chi connectivity index (χ0) is 17.6. The van der Waals surface area contributed by atoms with E-state index >= 15 is 0 Å². The monoisotopic (exact) mass is 355 g/mol. The average Bonchev–Trinajstić information content (AvgIpc) is 2.98. The Kier molecular flexibility index (Phi) is 5.30. The van der Waals surface area contributed by atoms with Crippen LogP contribution < -0.4 is 4.80 Å². The van der Waals surface area contributed by atoms with Gasteiger partial charge in [0.25, 0.3) is 5.69 Å². The fourth-order valence-electron chi connectivity index (χ4n) is 2.38. The Morgan fingerprint density at radius 1 is 1.16 bits per heavy atom. The third kappa shape index (κ3) is 3.97. The molecule has 0 saturated carbocycles. The quantitative estimate of drug-likeness (QED) is 0.353. The van der Waals surface area contributed by atoms with Crippen molar-refractivity contribution in [3.63, 3.8) is 0 Å². The van der Waals surface area contributed by atoms with Gasteiger partial charge in [0, 0.05) is 18.7 Å². The van der Waals surface area contributed by atoms with Gasteiger partial charge in [0.05, 0.1) is 20.8 Å². The number of para-hydroxylation sites is 1. The van der Waals surface area contributed by atoms with Crippen molar-refractivity contribution in [2.45, 2.75) is 26.3 Å². The summed E-state index contributed by atoms with van der Waals surface area (Å²) in [5.41, 5.74) is 1.69. The second-order valence-electron chi connectivity index (χ2n) is 5.42. The van der Waals surface area contributed by atoms with Gasteiger partial charge in [-0.25, -0.2) is 0 Å². The standard InChI is InChI=1S/C17H17N5O2S/c1-2-3-12-21-15-6-4-5-7-16(15)25-17(21)19-20-18-13-8-10-14(11-9-13)22(23)24/h4-11H,2-3,12H2,1H3/b19-17-,20-18?. The van der Waals surface area contributed by atoms with Crippen molar-refractivity contribution in [3.05, 3.63) is 63.4 Å². The number of hydrogen-bond donors (Lipinski definition) is 0. The maximum absolute atomic E-state index is 10.7. The number of benzene rings is 2. The number of unbranched alkanes of at least 4 members (excludes halogenated alkanes) is 1. The second kappa shape index (κ2) is 7.80. The Morgan fingerprint density at radius 2 is 1.92 bits per heavy atom. The van der Waals surface area contributed by atoms with Crippen LogP contribution in [0.25, 0.3) is 10.2 Å². The molecule has 0 radical (unpaired) electrons. The molecule has 0 spiro atoms. The number of aryl methyl sites for hydroxylation is 1. The molecule has 0 unspecified atom stereocenters. The van der Waals surface area contributed by atoms with Gasteiger partial charge in [-0.15, -0.1) is 10.2 Å². The summed E-state index contributed by atoms with van der Waals surface area (Å²) in [7, 11) is 0. The summed E-state index contributed by atoms with van der Waals surface area (Å²) < 4.78 is 3.31. The van der Waals surface area contributed by atoms with Crippen LogP contribution in [0.1, 0.15) is 19.8 Å². The van der Waals surface area contributed by atoms with E-state index in [0.717, 1.165) is 34.4 Å². The molecular formula is C17H17N5O2S. The summed E-state index contributed by atoms with van der Waals surface area (Å²) >= 11 is 1.57. The molecule has 3 rings (SSSR count). The normalized spacial score (nSPS) is 12.3. The second-order valence-corrected chi connectivity index (χ2v) is 6.43. The third-order valence-electron chi connectivity index (χ3n) is 3.67. The number of thiazole rings is 1. The molecule has 3 aromatic rings. The first-order valence-corrected chi connectivity index (χ1v) is 8.78. The lowest BCUT2D eigenvalue weighted by molar-refractivity contribution is -0.384. The first-order valence-electron chi connectivity index (χ1n) is 7.96. The fraction of sp³-hybridized carbons (Fsp3) is 0.235. The highest BCUT2D eigenvalue weighted by Crippen LogP contribution is 2.19. The van der Waals surface area contributed by atoms with Crippen LogP contribution >= 0.6 is 11.3 Å². The van der Waals surface area contributed by atoms with Crippen molar-refractivity contribution < 1.29 is 4.92 Å². The lowest BCUT2D eigenvalue weighted by Crippen LogP contribution is -2.14. The van der Waals surface area contributed by atoms with Gasteiger partial charge in [-0.1, -0.05) is 36.8 Å². The van der Waals surface area contributed by atoms with Crippen molar-refractivity contribution in [1.29, 1.82) is 0 Å². The molecule has 0 N–H and O–H groups in total. The van der Waals surface area contributed by atoms with Gasteiger partial charge in [0.15, 0.2) is 0 Å². The zero-order valence-electron chi connectivity index (χ0n) is 13.7. The summed E-state index contributed by atoms with van der Waals surface area (Å²) in [5.74, 6) is 0. The highest BCUT2D eigenvalue weighted by atomic mass is 32.1. The molecule has 2 aromatic carbocycles. The SMILES string of the molecule is CCCCn1/c(=N/N=Nc2ccc([N+](=O)[O-])cc2)sc2ccccc21. The van der Waals surface area contributed by atoms with Gasteiger partial charge < -0.3 is 4.57 Å². The number of aromatic nitrogens is 1. The molecule has 0 aliphatic carbocycles. The van der Waals surface area contributed by atoms with Crippen LogP contribution in [0.2, 0.25) is 0 Å². The number of nitro groups is 1. The molecule has 0 fully saturated rings. The third-order valence-corrected chi connectivity index (χ3v) is 4.72. The van der Waals surface area contributed by atoms with Gasteiger partial charge in [-0.2, -0.15) is 0 Å². The van der Waals surface area contributed by atoms with Crippen LogP contribution in [0.5, 0.6) is 0 Å². The van der Waals surface area contributed by atoms with E-state index in [1.165, 1.54) is 12.1 Å². The van der Waals surface area contributed by atoms with E-state index in [0.29, 0.717) is 5.69 Å². The minimum Gasteiger partial charge on any atom is -0.315 e. The van der Waals surface area contributed by atoms with E-state index < -0.39 is 4.92 Å². The van der Waals surface area contributed by atoms with Gasteiger partial charge >= 0.3 is 0 Å². The van der Waals surface area contributed by atoms with E-state index in [1.807, 2.05) is 12.1 Å². The van der Waals surface area contributed by atoms with Crippen molar-refractivity contribution >= 4 is 32.9 Å². The summed E-state index contributed by atoms with van der Waals surface area (Å²) in [6, 6.07) is 14.1. The van der Waals surface area contributed by atoms with Crippen LogP contribution in [0.15, 0.2) is 64.0 Å². The van der Waals surface area contributed by atoms with E-state index in [1.54, 1.807) is 23.5 Å². The van der Waals surface area contributed by atoms with Crippen LogP contribution in [-0.2, 0) is 6.54 Å². The molecule has 0 aliphatic rings. The van der Waals surface area contributed by atoms with E-state index in [2.05, 4.69) is 39.1 Å². The highest BCUT2D eigenvalue weighted by molar-refractivity contribution is 7.16. The van der Waals surface area contributed by atoms with Crippen LogP contribution in [-0.4, -0.2) is 9.49 Å². The van der Waals surface area contributed by atoms with Crippen LogP contribution in [0.3, 0.4) is 0 Å². The number of fused-ring (bicyclic) bond motifs is 1. The summed E-state index contributed by atoms with van der Waals surface area (Å²) in [4.78, 5) is 11.0. The van der Waals surface area contributed by atoms with Gasteiger partial charge in [0.2, 0.25) is 4.80 Å². The highest BCUT2D eigenvalue weighted by Gasteiger charge is 2.05. The Balaban J connectivity index is 1.90. The maximum Gasteiger partial charge on any atom is 0.269 e. The first kappa shape index (κ1) is 17.0. The number of non-ortho nitro benzene ring substituents is 1. The molecule has 0 amide bonds. The summed E-state index contributed by atoms with van der Waals surface area (Å²) in [6.07, 6.45) is 2.16. The molecule has 1 heterocycles. The van der Waals surface area contributed by atoms with Crippen molar-refractivity contribution in [2.75, 3.05) is 0 Å².